The van der Waals surface area contributed by atoms with Crippen LogP contribution in [0.1, 0.15) is 29.3 Å². The first-order chi connectivity index (χ1) is 14.0. The van der Waals surface area contributed by atoms with Crippen LogP contribution in [0.25, 0.3) is 11.1 Å². The minimum Gasteiger partial charge on any atom is -0.462 e. The van der Waals surface area contributed by atoms with Gasteiger partial charge in [-0.05, 0) is 48.7 Å². The van der Waals surface area contributed by atoms with E-state index in [1.165, 1.54) is 11.3 Å². The fraction of sp³-hybridized carbons (Fsp3) is 0.182. The summed E-state index contributed by atoms with van der Waals surface area (Å²) in [5.41, 5.74) is 2.87. The lowest BCUT2D eigenvalue weighted by Gasteiger charge is -2.09. The SMILES string of the molecule is CCOC(=O)c1c(-c2ccc(Cl)cc2)csc1NC(=O)CCc1cccc(Cl)c1. The Balaban J connectivity index is 1.79. The molecule has 0 atom stereocenters. The molecule has 0 spiro atoms. The summed E-state index contributed by atoms with van der Waals surface area (Å²) >= 11 is 13.2. The van der Waals surface area contributed by atoms with Crippen LogP contribution in [0, 0.1) is 0 Å². The summed E-state index contributed by atoms with van der Waals surface area (Å²) in [7, 11) is 0. The van der Waals surface area contributed by atoms with Crippen LogP contribution in [0.15, 0.2) is 53.9 Å². The highest BCUT2D eigenvalue weighted by Crippen LogP contribution is 2.36. The molecule has 0 unspecified atom stereocenters. The number of aryl methyl sites for hydroxylation is 1. The Kier molecular flexibility index (Phi) is 7.31. The van der Waals surface area contributed by atoms with Crippen molar-refractivity contribution in [2.45, 2.75) is 19.8 Å². The van der Waals surface area contributed by atoms with Gasteiger partial charge in [-0.15, -0.1) is 11.3 Å². The van der Waals surface area contributed by atoms with Gasteiger partial charge < -0.3 is 10.1 Å². The van der Waals surface area contributed by atoms with Crippen molar-refractivity contribution in [1.29, 1.82) is 0 Å². The van der Waals surface area contributed by atoms with E-state index < -0.39 is 5.97 Å². The molecule has 150 valence electrons. The average Bonchev–Trinajstić information content (AvgIpc) is 3.11. The summed E-state index contributed by atoms with van der Waals surface area (Å²) in [6, 6.07) is 14.6. The number of anilines is 1. The number of ether oxygens (including phenoxy) is 1. The lowest BCUT2D eigenvalue weighted by Crippen LogP contribution is -2.15. The van der Waals surface area contributed by atoms with E-state index in [0.717, 1.165) is 11.1 Å². The predicted octanol–water partition coefficient (Wildman–Crippen LogP) is 6.47. The number of amides is 1. The Hall–Kier alpha value is -2.34. The first-order valence-corrected chi connectivity index (χ1v) is 10.7. The highest BCUT2D eigenvalue weighted by Gasteiger charge is 2.22. The molecule has 0 bridgehead atoms. The zero-order chi connectivity index (χ0) is 20.8. The standard InChI is InChI=1S/C22H19Cl2NO3S/c1-2-28-22(27)20-18(15-7-9-16(23)10-8-15)13-29-21(20)25-19(26)11-6-14-4-3-5-17(24)12-14/h3-5,7-10,12-13H,2,6,11H2,1H3,(H,25,26). The fourth-order valence-corrected chi connectivity index (χ4v) is 4.15. The van der Waals surface area contributed by atoms with E-state index in [2.05, 4.69) is 5.32 Å². The number of carbonyl (C=O) groups is 2. The van der Waals surface area contributed by atoms with Crippen LogP contribution in [0.4, 0.5) is 5.00 Å². The normalized spacial score (nSPS) is 10.6. The molecule has 29 heavy (non-hydrogen) atoms. The summed E-state index contributed by atoms with van der Waals surface area (Å²) in [4.78, 5) is 25.1. The molecule has 0 saturated carbocycles. The second-order valence-corrected chi connectivity index (χ2v) is 8.01. The Morgan fingerprint density at radius 3 is 2.52 bits per heavy atom. The first-order valence-electron chi connectivity index (χ1n) is 9.06. The first kappa shape index (κ1) is 21.4. The van der Waals surface area contributed by atoms with Crippen LogP contribution in [-0.2, 0) is 16.0 Å². The monoisotopic (exact) mass is 447 g/mol. The van der Waals surface area contributed by atoms with E-state index in [-0.39, 0.29) is 18.9 Å². The third-order valence-corrected chi connectivity index (χ3v) is 5.59. The molecule has 1 aromatic heterocycles. The van der Waals surface area contributed by atoms with Crippen molar-refractivity contribution in [2.24, 2.45) is 0 Å². The molecule has 0 saturated heterocycles. The molecule has 4 nitrogen and oxygen atoms in total. The number of nitrogens with one attached hydrogen (secondary N) is 1. The molecule has 7 heteroatoms. The number of carbonyl (C=O) groups excluding carboxylic acids is 2. The zero-order valence-corrected chi connectivity index (χ0v) is 18.0. The highest BCUT2D eigenvalue weighted by atomic mass is 35.5. The maximum absolute atomic E-state index is 12.6. The molecule has 1 N–H and O–H groups in total. The van der Waals surface area contributed by atoms with Gasteiger partial charge in [0.25, 0.3) is 0 Å². The van der Waals surface area contributed by atoms with Gasteiger partial charge in [0.2, 0.25) is 5.91 Å². The van der Waals surface area contributed by atoms with Crippen molar-refractivity contribution >= 4 is 51.4 Å². The van der Waals surface area contributed by atoms with E-state index in [1.54, 1.807) is 25.1 Å². The highest BCUT2D eigenvalue weighted by molar-refractivity contribution is 7.15. The quantitative estimate of drug-likeness (QED) is 0.422. The molecule has 1 amide bonds. The predicted molar refractivity (Wildman–Crippen MR) is 119 cm³/mol. The maximum atomic E-state index is 12.6. The number of hydrogen-bond acceptors (Lipinski definition) is 4. The minimum absolute atomic E-state index is 0.181. The third kappa shape index (κ3) is 5.60. The lowest BCUT2D eigenvalue weighted by molar-refractivity contribution is -0.116. The fourth-order valence-electron chi connectivity index (χ4n) is 2.84. The molecule has 3 rings (SSSR count). The van der Waals surface area contributed by atoms with E-state index in [9.17, 15) is 9.59 Å². The van der Waals surface area contributed by atoms with Gasteiger partial charge in [-0.25, -0.2) is 4.79 Å². The van der Waals surface area contributed by atoms with E-state index >= 15 is 0 Å². The molecule has 2 aromatic carbocycles. The summed E-state index contributed by atoms with van der Waals surface area (Å²) in [6.07, 6.45) is 0.827. The summed E-state index contributed by atoms with van der Waals surface area (Å²) in [5, 5.41) is 6.41. The average molecular weight is 448 g/mol. The van der Waals surface area contributed by atoms with Gasteiger partial charge >= 0.3 is 5.97 Å². The van der Waals surface area contributed by atoms with Crippen LogP contribution >= 0.6 is 34.5 Å². The Morgan fingerprint density at radius 1 is 1.07 bits per heavy atom. The van der Waals surface area contributed by atoms with Crippen molar-refractivity contribution in [3.8, 4) is 11.1 Å². The van der Waals surface area contributed by atoms with Gasteiger partial charge in [0.15, 0.2) is 0 Å². The largest absolute Gasteiger partial charge is 0.462 e. The van der Waals surface area contributed by atoms with Gasteiger partial charge in [0.1, 0.15) is 10.6 Å². The number of thiophene rings is 1. The van der Waals surface area contributed by atoms with Gasteiger partial charge in [-0.1, -0.05) is 47.5 Å². The van der Waals surface area contributed by atoms with Gasteiger partial charge in [0.05, 0.1) is 6.61 Å². The topological polar surface area (TPSA) is 55.4 Å². The molecule has 1 heterocycles. The molecule has 0 radical (unpaired) electrons. The van der Waals surface area contributed by atoms with Crippen LogP contribution in [0.5, 0.6) is 0 Å². The zero-order valence-electron chi connectivity index (χ0n) is 15.7. The summed E-state index contributed by atoms with van der Waals surface area (Å²) in [6.45, 7) is 1.99. The number of hydrogen-bond donors (Lipinski definition) is 1. The van der Waals surface area contributed by atoms with Crippen molar-refractivity contribution in [3.63, 3.8) is 0 Å². The van der Waals surface area contributed by atoms with E-state index in [0.29, 0.717) is 32.6 Å². The summed E-state index contributed by atoms with van der Waals surface area (Å²) < 4.78 is 5.21. The minimum atomic E-state index is -0.469. The van der Waals surface area contributed by atoms with Gasteiger partial charge in [-0.3, -0.25) is 4.79 Å². The smallest absolute Gasteiger partial charge is 0.341 e. The lowest BCUT2D eigenvalue weighted by atomic mass is 10.0. The maximum Gasteiger partial charge on any atom is 0.341 e. The van der Waals surface area contributed by atoms with Crippen molar-refractivity contribution in [2.75, 3.05) is 11.9 Å². The molecule has 0 aliphatic heterocycles. The molecular weight excluding hydrogens is 429 g/mol. The molecular formula is C22H19Cl2NO3S. The molecule has 0 aliphatic carbocycles. The number of esters is 1. The van der Waals surface area contributed by atoms with Crippen molar-refractivity contribution in [1.82, 2.24) is 0 Å². The van der Waals surface area contributed by atoms with Crippen molar-refractivity contribution in [3.05, 3.63) is 75.1 Å². The summed E-state index contributed by atoms with van der Waals surface area (Å²) in [5.74, 6) is -0.649. The second-order valence-electron chi connectivity index (χ2n) is 6.26. The Morgan fingerprint density at radius 2 is 1.83 bits per heavy atom. The third-order valence-electron chi connectivity index (χ3n) is 4.21. The van der Waals surface area contributed by atoms with E-state index in [4.69, 9.17) is 27.9 Å². The van der Waals surface area contributed by atoms with Crippen LogP contribution in [-0.4, -0.2) is 18.5 Å². The van der Waals surface area contributed by atoms with Gasteiger partial charge in [-0.2, -0.15) is 0 Å². The number of halogens is 2. The van der Waals surface area contributed by atoms with E-state index in [1.807, 2.05) is 35.7 Å². The van der Waals surface area contributed by atoms with Crippen LogP contribution < -0.4 is 5.32 Å². The van der Waals surface area contributed by atoms with Crippen LogP contribution in [0.3, 0.4) is 0 Å². The van der Waals surface area contributed by atoms with Crippen molar-refractivity contribution < 1.29 is 14.3 Å². The molecule has 0 fully saturated rings. The number of rotatable bonds is 7. The van der Waals surface area contributed by atoms with Crippen LogP contribution in [0.2, 0.25) is 10.0 Å². The molecule has 0 aliphatic rings. The Bertz CT molecular complexity index is 1020. The number of benzene rings is 2. The second kappa shape index (κ2) is 9.92. The molecule has 3 aromatic rings. The van der Waals surface area contributed by atoms with Gasteiger partial charge in [0, 0.05) is 27.4 Å². The Labute approximate surface area is 183 Å².